The predicted octanol–water partition coefficient (Wildman–Crippen LogP) is 4.51. The summed E-state index contributed by atoms with van der Waals surface area (Å²) in [6.07, 6.45) is 1.23. The van der Waals surface area contributed by atoms with Gasteiger partial charge in [-0.2, -0.15) is 0 Å². The van der Waals surface area contributed by atoms with Crippen LogP contribution in [0.4, 0.5) is 0 Å². The van der Waals surface area contributed by atoms with Crippen molar-refractivity contribution in [3.05, 3.63) is 34.9 Å². The molecule has 0 spiro atoms. The van der Waals surface area contributed by atoms with Crippen LogP contribution < -0.4 is 5.32 Å². The molecule has 0 amide bonds. The van der Waals surface area contributed by atoms with Gasteiger partial charge in [-0.1, -0.05) is 49.3 Å². The highest BCUT2D eigenvalue weighted by Gasteiger charge is 2.21. The van der Waals surface area contributed by atoms with Crippen LogP contribution in [0, 0.1) is 5.92 Å². The fourth-order valence-electron chi connectivity index (χ4n) is 2.17. The van der Waals surface area contributed by atoms with Crippen LogP contribution in [0.1, 0.15) is 38.8 Å². The standard InChI is InChI=1S/C15H21ClN2S/c1-10(2)8-14-9-17-15(19-14)18-11(3)12-4-6-13(16)7-5-12/h4-7,10-11,14H,8-9H2,1-3H3,(H,17,18). The van der Waals surface area contributed by atoms with E-state index in [2.05, 4.69) is 43.2 Å². The molecule has 0 aromatic heterocycles. The summed E-state index contributed by atoms with van der Waals surface area (Å²) in [7, 11) is 0. The van der Waals surface area contributed by atoms with Crippen molar-refractivity contribution in [2.24, 2.45) is 10.9 Å². The largest absolute Gasteiger partial charge is 0.358 e. The van der Waals surface area contributed by atoms with E-state index in [4.69, 9.17) is 11.6 Å². The molecule has 0 saturated carbocycles. The van der Waals surface area contributed by atoms with E-state index in [0.29, 0.717) is 5.25 Å². The van der Waals surface area contributed by atoms with E-state index >= 15 is 0 Å². The maximum absolute atomic E-state index is 5.91. The Bertz CT molecular complexity index is 442. The molecule has 0 saturated heterocycles. The first kappa shape index (κ1) is 14.7. The quantitative estimate of drug-likeness (QED) is 0.884. The number of hydrogen-bond donors (Lipinski definition) is 1. The Labute approximate surface area is 125 Å². The molecule has 1 N–H and O–H groups in total. The molecule has 0 aliphatic carbocycles. The van der Waals surface area contributed by atoms with Gasteiger partial charge in [-0.15, -0.1) is 0 Å². The number of rotatable bonds is 4. The van der Waals surface area contributed by atoms with Gasteiger partial charge in [0.2, 0.25) is 0 Å². The lowest BCUT2D eigenvalue weighted by Gasteiger charge is -2.16. The zero-order valence-electron chi connectivity index (χ0n) is 11.7. The lowest BCUT2D eigenvalue weighted by Crippen LogP contribution is -2.23. The predicted molar refractivity (Wildman–Crippen MR) is 86.1 cm³/mol. The molecule has 0 bridgehead atoms. The lowest BCUT2D eigenvalue weighted by atomic mass is 10.1. The third-order valence-electron chi connectivity index (χ3n) is 3.16. The van der Waals surface area contributed by atoms with Gasteiger partial charge in [-0.25, -0.2) is 0 Å². The SMILES string of the molecule is CC(C)CC1CN=C(NC(C)c2ccc(Cl)cc2)S1. The Kier molecular flexibility index (Phi) is 5.17. The summed E-state index contributed by atoms with van der Waals surface area (Å²) in [5, 5.41) is 5.98. The highest BCUT2D eigenvalue weighted by molar-refractivity contribution is 8.14. The number of aliphatic imine (C=N–C) groups is 1. The van der Waals surface area contributed by atoms with Crippen LogP contribution in [0.15, 0.2) is 29.3 Å². The number of nitrogens with one attached hydrogen (secondary N) is 1. The summed E-state index contributed by atoms with van der Waals surface area (Å²) in [6.45, 7) is 7.63. The summed E-state index contributed by atoms with van der Waals surface area (Å²) >= 11 is 7.78. The number of nitrogens with zero attached hydrogens (tertiary/aromatic N) is 1. The van der Waals surface area contributed by atoms with E-state index < -0.39 is 0 Å². The van der Waals surface area contributed by atoms with Crippen molar-refractivity contribution >= 4 is 28.5 Å². The van der Waals surface area contributed by atoms with E-state index in [0.717, 1.165) is 22.7 Å². The second-order valence-corrected chi connectivity index (χ2v) is 7.16. The molecule has 2 atom stereocenters. The first-order chi connectivity index (χ1) is 9.04. The van der Waals surface area contributed by atoms with Crippen LogP contribution in [0.25, 0.3) is 0 Å². The smallest absolute Gasteiger partial charge is 0.157 e. The van der Waals surface area contributed by atoms with E-state index in [9.17, 15) is 0 Å². The monoisotopic (exact) mass is 296 g/mol. The topological polar surface area (TPSA) is 24.4 Å². The van der Waals surface area contributed by atoms with Crippen LogP contribution in [0.5, 0.6) is 0 Å². The van der Waals surface area contributed by atoms with Crippen LogP contribution in [0.2, 0.25) is 5.02 Å². The Morgan fingerprint density at radius 1 is 1.32 bits per heavy atom. The molecule has 2 rings (SSSR count). The summed E-state index contributed by atoms with van der Waals surface area (Å²) in [4.78, 5) is 4.60. The number of thioether (sulfide) groups is 1. The van der Waals surface area contributed by atoms with Gasteiger partial charge < -0.3 is 5.32 Å². The molecule has 1 aliphatic rings. The average molecular weight is 297 g/mol. The normalized spacial score (nSPS) is 20.5. The Hall–Kier alpha value is -0.670. The van der Waals surface area contributed by atoms with Crippen molar-refractivity contribution < 1.29 is 0 Å². The highest BCUT2D eigenvalue weighted by Crippen LogP contribution is 2.27. The number of hydrogen-bond acceptors (Lipinski definition) is 3. The molecular weight excluding hydrogens is 276 g/mol. The zero-order valence-corrected chi connectivity index (χ0v) is 13.3. The fourth-order valence-corrected chi connectivity index (χ4v) is 3.63. The molecule has 104 valence electrons. The lowest BCUT2D eigenvalue weighted by molar-refractivity contribution is 0.575. The maximum atomic E-state index is 5.91. The molecule has 19 heavy (non-hydrogen) atoms. The number of amidine groups is 1. The Balaban J connectivity index is 1.87. The van der Waals surface area contributed by atoms with Gasteiger partial charge in [0, 0.05) is 10.3 Å². The summed E-state index contributed by atoms with van der Waals surface area (Å²) in [5.41, 5.74) is 1.24. The molecule has 0 radical (unpaired) electrons. The minimum Gasteiger partial charge on any atom is -0.358 e. The van der Waals surface area contributed by atoms with Gasteiger partial charge in [-0.3, -0.25) is 4.99 Å². The maximum Gasteiger partial charge on any atom is 0.157 e. The molecule has 1 aromatic carbocycles. The molecule has 4 heteroatoms. The van der Waals surface area contributed by atoms with E-state index in [-0.39, 0.29) is 6.04 Å². The van der Waals surface area contributed by atoms with Crippen molar-refractivity contribution in [1.29, 1.82) is 0 Å². The highest BCUT2D eigenvalue weighted by atomic mass is 35.5. The number of halogens is 1. The minimum atomic E-state index is 0.265. The third kappa shape index (κ3) is 4.43. The van der Waals surface area contributed by atoms with Crippen LogP contribution >= 0.6 is 23.4 Å². The zero-order chi connectivity index (χ0) is 13.8. The third-order valence-corrected chi connectivity index (χ3v) is 4.56. The summed E-state index contributed by atoms with van der Waals surface area (Å²) < 4.78 is 0. The Morgan fingerprint density at radius 2 is 2.00 bits per heavy atom. The summed E-state index contributed by atoms with van der Waals surface area (Å²) in [5.74, 6) is 0.737. The fraction of sp³-hybridized carbons (Fsp3) is 0.533. The van der Waals surface area contributed by atoms with E-state index in [1.165, 1.54) is 12.0 Å². The number of benzene rings is 1. The average Bonchev–Trinajstić information content (AvgIpc) is 2.76. The minimum absolute atomic E-state index is 0.265. The van der Waals surface area contributed by atoms with Crippen molar-refractivity contribution in [2.45, 2.75) is 38.5 Å². The molecular formula is C15H21ClN2S. The first-order valence-electron chi connectivity index (χ1n) is 6.77. The van der Waals surface area contributed by atoms with E-state index in [1.54, 1.807) is 0 Å². The second-order valence-electron chi connectivity index (χ2n) is 5.43. The van der Waals surface area contributed by atoms with Gasteiger partial charge in [0.05, 0.1) is 12.6 Å². The molecule has 1 heterocycles. The van der Waals surface area contributed by atoms with Crippen LogP contribution in [-0.4, -0.2) is 17.0 Å². The van der Waals surface area contributed by atoms with Gasteiger partial charge in [0.25, 0.3) is 0 Å². The van der Waals surface area contributed by atoms with Crippen molar-refractivity contribution in [3.8, 4) is 0 Å². The van der Waals surface area contributed by atoms with Crippen molar-refractivity contribution in [2.75, 3.05) is 6.54 Å². The van der Waals surface area contributed by atoms with Crippen LogP contribution in [0.3, 0.4) is 0 Å². The van der Waals surface area contributed by atoms with Crippen molar-refractivity contribution in [3.63, 3.8) is 0 Å². The molecule has 1 aliphatic heterocycles. The van der Waals surface area contributed by atoms with Crippen molar-refractivity contribution in [1.82, 2.24) is 5.32 Å². The molecule has 0 fully saturated rings. The Morgan fingerprint density at radius 3 is 2.63 bits per heavy atom. The summed E-state index contributed by atoms with van der Waals surface area (Å²) in [6, 6.07) is 8.25. The van der Waals surface area contributed by atoms with Gasteiger partial charge >= 0.3 is 0 Å². The van der Waals surface area contributed by atoms with Gasteiger partial charge in [0.15, 0.2) is 5.17 Å². The molecule has 2 nitrogen and oxygen atoms in total. The van der Waals surface area contributed by atoms with Gasteiger partial charge in [-0.05, 0) is 37.0 Å². The first-order valence-corrected chi connectivity index (χ1v) is 8.03. The van der Waals surface area contributed by atoms with E-state index in [1.807, 2.05) is 23.9 Å². The van der Waals surface area contributed by atoms with Gasteiger partial charge in [0.1, 0.15) is 0 Å². The van der Waals surface area contributed by atoms with Crippen LogP contribution in [-0.2, 0) is 0 Å². The molecule has 2 unspecified atom stereocenters. The second kappa shape index (κ2) is 6.67. The molecule has 1 aromatic rings.